The number of nitrogens with zero attached hydrogens (tertiary/aromatic N) is 2. The molecule has 0 radical (unpaired) electrons. The van der Waals surface area contributed by atoms with Crippen LogP contribution in [0.3, 0.4) is 0 Å². The fraction of sp³-hybridized carbons (Fsp3) is 0.118. The summed E-state index contributed by atoms with van der Waals surface area (Å²) in [5.41, 5.74) is 0.287. The number of nitrogens with one attached hydrogen (secondary N) is 1. The Morgan fingerprint density at radius 2 is 1.87 bits per heavy atom. The maximum absolute atomic E-state index is 12.6. The Labute approximate surface area is 138 Å². The van der Waals surface area contributed by atoms with Gasteiger partial charge in [0.05, 0.1) is 6.21 Å². The Bertz CT molecular complexity index is 791. The van der Waals surface area contributed by atoms with Crippen molar-refractivity contribution >= 4 is 29.8 Å². The molecular weight excluding hydrogens is 314 g/mol. The Kier molecular flexibility index (Phi) is 3.88. The summed E-state index contributed by atoms with van der Waals surface area (Å²) in [5, 5.41) is 8.09. The second-order valence-electron chi connectivity index (χ2n) is 5.34. The Morgan fingerprint density at radius 3 is 2.57 bits per heavy atom. The van der Waals surface area contributed by atoms with Crippen LogP contribution < -0.4 is 5.32 Å². The zero-order valence-corrected chi connectivity index (χ0v) is 13.1. The molecule has 0 aromatic heterocycles. The summed E-state index contributed by atoms with van der Waals surface area (Å²) in [6, 6.07) is 15.5. The van der Waals surface area contributed by atoms with Crippen LogP contribution in [0.5, 0.6) is 0 Å². The van der Waals surface area contributed by atoms with Crippen molar-refractivity contribution in [1.82, 2.24) is 10.3 Å². The van der Waals surface area contributed by atoms with Crippen molar-refractivity contribution in [1.29, 1.82) is 0 Å². The van der Waals surface area contributed by atoms with E-state index in [1.807, 2.05) is 18.2 Å². The van der Waals surface area contributed by atoms with E-state index in [4.69, 9.17) is 11.6 Å². The first-order valence-corrected chi connectivity index (χ1v) is 7.40. The number of carbonyl (C=O) groups excluding carboxylic acids is 2. The molecule has 1 aliphatic rings. The van der Waals surface area contributed by atoms with Crippen LogP contribution in [0.4, 0.5) is 4.79 Å². The van der Waals surface area contributed by atoms with E-state index in [0.29, 0.717) is 16.1 Å². The molecule has 1 N–H and O–H groups in total. The summed E-state index contributed by atoms with van der Waals surface area (Å²) in [5.74, 6) is -0.424. The lowest BCUT2D eigenvalue weighted by Crippen LogP contribution is -2.40. The molecule has 3 rings (SSSR count). The lowest BCUT2D eigenvalue weighted by molar-refractivity contribution is -0.131. The van der Waals surface area contributed by atoms with Gasteiger partial charge in [-0.1, -0.05) is 54.1 Å². The van der Waals surface area contributed by atoms with Gasteiger partial charge in [-0.25, -0.2) is 4.79 Å². The number of urea groups is 1. The first kappa shape index (κ1) is 15.2. The third kappa shape index (κ3) is 2.83. The highest BCUT2D eigenvalue weighted by atomic mass is 35.5. The van der Waals surface area contributed by atoms with Crippen molar-refractivity contribution < 1.29 is 9.59 Å². The molecule has 1 atom stereocenters. The maximum Gasteiger partial charge on any atom is 0.346 e. The molecule has 0 aliphatic carbocycles. The van der Waals surface area contributed by atoms with Gasteiger partial charge in [-0.2, -0.15) is 5.10 Å². The number of halogens is 1. The normalized spacial score (nSPS) is 21.0. The monoisotopic (exact) mass is 327 g/mol. The second-order valence-corrected chi connectivity index (χ2v) is 5.77. The molecule has 2 aromatic carbocycles. The summed E-state index contributed by atoms with van der Waals surface area (Å²) in [7, 11) is 0. The third-order valence-corrected chi connectivity index (χ3v) is 3.93. The Balaban J connectivity index is 1.87. The number of carbonyl (C=O) groups is 2. The topological polar surface area (TPSA) is 61.8 Å². The minimum Gasteiger partial charge on any atom is -0.318 e. The number of hydrogen-bond donors (Lipinski definition) is 1. The third-order valence-electron chi connectivity index (χ3n) is 3.69. The van der Waals surface area contributed by atoms with Crippen LogP contribution in [0.25, 0.3) is 0 Å². The fourth-order valence-electron chi connectivity index (χ4n) is 2.41. The SMILES string of the molecule is C[C@@]1(c2ccccc2)NC(=O)N(/N=C\c2cccc(Cl)c2)C1=O. The number of benzene rings is 2. The van der Waals surface area contributed by atoms with Crippen molar-refractivity contribution in [2.45, 2.75) is 12.5 Å². The van der Waals surface area contributed by atoms with E-state index in [2.05, 4.69) is 10.4 Å². The van der Waals surface area contributed by atoms with Crippen molar-refractivity contribution in [3.8, 4) is 0 Å². The second kappa shape index (κ2) is 5.85. The number of imide groups is 1. The van der Waals surface area contributed by atoms with Crippen molar-refractivity contribution in [3.63, 3.8) is 0 Å². The fourth-order valence-corrected chi connectivity index (χ4v) is 2.61. The van der Waals surface area contributed by atoms with E-state index in [1.54, 1.807) is 43.3 Å². The highest BCUT2D eigenvalue weighted by molar-refractivity contribution is 6.30. The van der Waals surface area contributed by atoms with Crippen LogP contribution >= 0.6 is 11.6 Å². The van der Waals surface area contributed by atoms with Gasteiger partial charge in [0.15, 0.2) is 0 Å². The largest absolute Gasteiger partial charge is 0.346 e. The summed E-state index contributed by atoms with van der Waals surface area (Å²) >= 11 is 5.90. The van der Waals surface area contributed by atoms with Gasteiger partial charge in [-0.05, 0) is 30.2 Å². The van der Waals surface area contributed by atoms with Crippen molar-refractivity contribution in [3.05, 3.63) is 70.7 Å². The Morgan fingerprint density at radius 1 is 1.13 bits per heavy atom. The molecule has 5 nitrogen and oxygen atoms in total. The van der Waals surface area contributed by atoms with Gasteiger partial charge in [-0.15, -0.1) is 5.01 Å². The van der Waals surface area contributed by atoms with E-state index < -0.39 is 17.5 Å². The van der Waals surface area contributed by atoms with Crippen LogP contribution in [-0.4, -0.2) is 23.2 Å². The molecule has 1 saturated heterocycles. The summed E-state index contributed by atoms with van der Waals surface area (Å²) in [6.07, 6.45) is 1.43. The highest BCUT2D eigenvalue weighted by Crippen LogP contribution is 2.28. The highest BCUT2D eigenvalue weighted by Gasteiger charge is 2.49. The number of hydrogen-bond acceptors (Lipinski definition) is 3. The van der Waals surface area contributed by atoms with Gasteiger partial charge >= 0.3 is 6.03 Å². The van der Waals surface area contributed by atoms with E-state index in [-0.39, 0.29) is 0 Å². The van der Waals surface area contributed by atoms with Gasteiger partial charge in [0.2, 0.25) is 0 Å². The number of rotatable bonds is 3. The lowest BCUT2D eigenvalue weighted by Gasteiger charge is -2.20. The van der Waals surface area contributed by atoms with E-state index in [1.165, 1.54) is 6.21 Å². The minimum absolute atomic E-state index is 0.424. The van der Waals surface area contributed by atoms with Crippen LogP contribution in [0, 0.1) is 0 Å². The average molecular weight is 328 g/mol. The van der Waals surface area contributed by atoms with Gasteiger partial charge in [-0.3, -0.25) is 4.79 Å². The lowest BCUT2D eigenvalue weighted by atomic mass is 9.92. The zero-order chi connectivity index (χ0) is 16.4. The molecule has 2 aromatic rings. The predicted molar refractivity (Wildman–Crippen MR) is 88.2 cm³/mol. The molecule has 0 bridgehead atoms. The van der Waals surface area contributed by atoms with Gasteiger partial charge < -0.3 is 5.32 Å². The van der Waals surface area contributed by atoms with Crippen LogP contribution in [0.15, 0.2) is 59.7 Å². The molecule has 1 aliphatic heterocycles. The smallest absolute Gasteiger partial charge is 0.318 e. The number of hydrazone groups is 1. The molecule has 1 heterocycles. The molecule has 0 spiro atoms. The van der Waals surface area contributed by atoms with Gasteiger partial charge in [0.25, 0.3) is 5.91 Å². The quantitative estimate of drug-likeness (QED) is 0.695. The summed E-state index contributed by atoms with van der Waals surface area (Å²) in [4.78, 5) is 24.7. The first-order chi connectivity index (χ1) is 11.0. The van der Waals surface area contributed by atoms with Crippen LogP contribution in [0.1, 0.15) is 18.1 Å². The molecule has 1 fully saturated rings. The average Bonchev–Trinajstić information content (AvgIpc) is 2.77. The molecule has 0 saturated carbocycles. The summed E-state index contributed by atoms with van der Waals surface area (Å²) < 4.78 is 0. The molecule has 116 valence electrons. The maximum atomic E-state index is 12.6. The molecule has 3 amide bonds. The van der Waals surface area contributed by atoms with Crippen molar-refractivity contribution in [2.24, 2.45) is 5.10 Å². The standard InChI is InChI=1S/C17H14ClN3O2/c1-17(13-7-3-2-4-8-13)15(22)21(16(23)20-17)19-11-12-6-5-9-14(18)10-12/h2-11H,1H3,(H,20,23)/b19-11-/t17-/m0/s1. The molecular formula is C17H14ClN3O2. The summed E-state index contributed by atoms with van der Waals surface area (Å²) in [6.45, 7) is 1.66. The molecule has 23 heavy (non-hydrogen) atoms. The van der Waals surface area contributed by atoms with Gasteiger partial charge in [0, 0.05) is 5.02 Å². The van der Waals surface area contributed by atoms with Crippen molar-refractivity contribution in [2.75, 3.05) is 0 Å². The molecule has 6 heteroatoms. The number of amides is 3. The van der Waals surface area contributed by atoms with Crippen LogP contribution in [0.2, 0.25) is 5.02 Å². The van der Waals surface area contributed by atoms with E-state index in [0.717, 1.165) is 5.01 Å². The predicted octanol–water partition coefficient (Wildman–Crippen LogP) is 3.14. The Hall–Kier alpha value is -2.66. The minimum atomic E-state index is -1.12. The molecule has 0 unspecified atom stereocenters. The first-order valence-electron chi connectivity index (χ1n) is 7.02. The van der Waals surface area contributed by atoms with Crippen LogP contribution in [-0.2, 0) is 10.3 Å². The van der Waals surface area contributed by atoms with E-state index in [9.17, 15) is 9.59 Å². The zero-order valence-electron chi connectivity index (χ0n) is 12.4. The van der Waals surface area contributed by atoms with Gasteiger partial charge in [0.1, 0.15) is 5.54 Å². The van der Waals surface area contributed by atoms with E-state index >= 15 is 0 Å².